The highest BCUT2D eigenvalue weighted by molar-refractivity contribution is 7.92. The third kappa shape index (κ3) is 6.49. The largest absolute Gasteiger partial charge is 0.493 e. The van der Waals surface area contributed by atoms with Gasteiger partial charge in [-0.1, -0.05) is 12.1 Å². The van der Waals surface area contributed by atoms with E-state index < -0.39 is 15.8 Å². The second-order valence-electron chi connectivity index (χ2n) is 7.85. The van der Waals surface area contributed by atoms with E-state index in [1.54, 1.807) is 37.3 Å². The van der Waals surface area contributed by atoms with Gasteiger partial charge in [0, 0.05) is 24.9 Å². The Morgan fingerprint density at radius 1 is 1.03 bits per heavy atom. The van der Waals surface area contributed by atoms with Gasteiger partial charge in [-0.3, -0.25) is 4.31 Å². The van der Waals surface area contributed by atoms with E-state index in [0.717, 1.165) is 12.5 Å². The first-order valence-electron chi connectivity index (χ1n) is 11.1. The van der Waals surface area contributed by atoms with Gasteiger partial charge in [0.1, 0.15) is 0 Å². The molecule has 0 saturated heterocycles. The van der Waals surface area contributed by atoms with Crippen molar-refractivity contribution in [1.82, 2.24) is 9.97 Å². The zero-order valence-electron chi connectivity index (χ0n) is 21.5. The maximum Gasteiger partial charge on any atom is 0.232 e. The van der Waals surface area contributed by atoms with Crippen LogP contribution in [-0.2, 0) is 14.8 Å². The summed E-state index contributed by atoms with van der Waals surface area (Å²) >= 11 is 0. The normalized spacial score (nSPS) is 11.1. The fourth-order valence-electron chi connectivity index (χ4n) is 3.63. The lowest BCUT2D eigenvalue weighted by Crippen LogP contribution is -2.34. The predicted octanol–water partition coefficient (Wildman–Crippen LogP) is 3.85. The molecule has 1 aromatic heterocycles. The molecule has 13 heteroatoms. The van der Waals surface area contributed by atoms with Crippen LogP contribution in [-0.4, -0.2) is 66.2 Å². The van der Waals surface area contributed by atoms with Gasteiger partial charge < -0.3 is 29.6 Å². The molecule has 0 amide bonds. The van der Waals surface area contributed by atoms with E-state index >= 15 is 0 Å². The molecule has 0 saturated carbocycles. The van der Waals surface area contributed by atoms with Crippen LogP contribution < -0.4 is 29.1 Å². The zero-order valence-corrected chi connectivity index (χ0v) is 22.3. The second kappa shape index (κ2) is 11.9. The van der Waals surface area contributed by atoms with Gasteiger partial charge in [0.2, 0.25) is 21.7 Å². The Morgan fingerprint density at radius 2 is 1.70 bits per heavy atom. The molecule has 0 aliphatic carbocycles. The Morgan fingerprint density at radius 3 is 2.27 bits per heavy atom. The molecule has 3 aromatic rings. The van der Waals surface area contributed by atoms with Crippen LogP contribution in [0.3, 0.4) is 0 Å². The van der Waals surface area contributed by atoms with Gasteiger partial charge >= 0.3 is 0 Å². The molecule has 0 atom stereocenters. The van der Waals surface area contributed by atoms with Gasteiger partial charge in [-0.25, -0.2) is 17.8 Å². The minimum absolute atomic E-state index is 0.0757. The fraction of sp³-hybridized carbons (Fsp3) is 0.333. The highest BCUT2D eigenvalue weighted by atomic mass is 32.2. The summed E-state index contributed by atoms with van der Waals surface area (Å²) in [6.45, 7) is 2.01. The van der Waals surface area contributed by atoms with Crippen LogP contribution >= 0.6 is 0 Å². The third-order valence-electron chi connectivity index (χ3n) is 5.30. The number of nitrogens with one attached hydrogen (secondary N) is 2. The predicted molar refractivity (Wildman–Crippen MR) is 140 cm³/mol. The van der Waals surface area contributed by atoms with E-state index in [0.29, 0.717) is 39.9 Å². The topological polar surface area (TPSA) is 124 Å². The van der Waals surface area contributed by atoms with Crippen molar-refractivity contribution >= 4 is 38.9 Å². The van der Waals surface area contributed by atoms with Gasteiger partial charge in [0.05, 0.1) is 58.3 Å². The van der Waals surface area contributed by atoms with Crippen molar-refractivity contribution in [3.8, 4) is 17.2 Å². The highest BCUT2D eigenvalue weighted by Gasteiger charge is 2.23. The molecular formula is C24H30FN5O6S. The lowest BCUT2D eigenvalue weighted by atomic mass is 10.1. The molecule has 0 aliphatic heterocycles. The zero-order chi connectivity index (χ0) is 27.2. The maximum atomic E-state index is 14.8. The molecular weight excluding hydrogens is 505 g/mol. The van der Waals surface area contributed by atoms with Crippen molar-refractivity contribution in [3.05, 3.63) is 47.9 Å². The number of halogens is 1. The van der Waals surface area contributed by atoms with E-state index in [2.05, 4.69) is 20.6 Å². The maximum absolute atomic E-state index is 14.8. The number of para-hydroxylation sites is 1. The Balaban J connectivity index is 1.99. The van der Waals surface area contributed by atoms with Crippen molar-refractivity contribution < 1.29 is 31.8 Å². The second-order valence-corrected chi connectivity index (χ2v) is 9.76. The smallest absolute Gasteiger partial charge is 0.232 e. The van der Waals surface area contributed by atoms with Crippen molar-refractivity contribution in [2.45, 2.75) is 6.92 Å². The van der Waals surface area contributed by atoms with Crippen LogP contribution in [0.25, 0.3) is 0 Å². The SMILES string of the molecule is COCCN(c1c(C)cccc1Nc1nc(Nc2cc(OC)c(OC)c(OC)c2)ncc1F)S(C)(=O)=O. The van der Waals surface area contributed by atoms with Gasteiger partial charge in [0.25, 0.3) is 0 Å². The molecule has 11 nitrogen and oxygen atoms in total. The van der Waals surface area contributed by atoms with Crippen LogP contribution in [0.5, 0.6) is 17.2 Å². The summed E-state index contributed by atoms with van der Waals surface area (Å²) in [7, 11) is 2.29. The summed E-state index contributed by atoms with van der Waals surface area (Å²) in [6, 6.07) is 8.44. The molecule has 0 aliphatic rings. The van der Waals surface area contributed by atoms with E-state index in [9.17, 15) is 12.8 Å². The molecule has 37 heavy (non-hydrogen) atoms. The number of hydrogen-bond acceptors (Lipinski definition) is 10. The quantitative estimate of drug-likeness (QED) is 0.353. The summed E-state index contributed by atoms with van der Waals surface area (Å²) in [5, 5.41) is 5.91. The van der Waals surface area contributed by atoms with Gasteiger partial charge in [-0.15, -0.1) is 0 Å². The summed E-state index contributed by atoms with van der Waals surface area (Å²) in [5.74, 6) is 0.417. The number of aryl methyl sites for hydroxylation is 1. The van der Waals surface area contributed by atoms with Gasteiger partial charge in [-0.2, -0.15) is 4.98 Å². The number of hydrogen-bond donors (Lipinski definition) is 2. The van der Waals surface area contributed by atoms with Crippen LogP contribution in [0.15, 0.2) is 36.5 Å². The number of nitrogens with zero attached hydrogens (tertiary/aromatic N) is 3. The summed E-state index contributed by atoms with van der Waals surface area (Å²) in [5.41, 5.74) is 1.87. The third-order valence-corrected chi connectivity index (χ3v) is 6.47. The molecule has 0 bridgehead atoms. The monoisotopic (exact) mass is 535 g/mol. The molecule has 1 heterocycles. The first kappa shape index (κ1) is 27.7. The Bertz CT molecular complexity index is 1330. The van der Waals surface area contributed by atoms with E-state index in [1.807, 2.05) is 0 Å². The first-order chi connectivity index (χ1) is 17.6. The van der Waals surface area contributed by atoms with Crippen molar-refractivity contribution in [3.63, 3.8) is 0 Å². The Hall–Kier alpha value is -3.84. The van der Waals surface area contributed by atoms with Crippen molar-refractivity contribution in [1.29, 1.82) is 0 Å². The summed E-state index contributed by atoms with van der Waals surface area (Å²) < 4.78 is 62.3. The van der Waals surface area contributed by atoms with E-state index in [4.69, 9.17) is 18.9 Å². The van der Waals surface area contributed by atoms with E-state index in [1.165, 1.54) is 32.7 Å². The average molecular weight is 536 g/mol. The van der Waals surface area contributed by atoms with Crippen LogP contribution in [0.4, 0.5) is 33.2 Å². The average Bonchev–Trinajstić information content (AvgIpc) is 2.86. The summed E-state index contributed by atoms with van der Waals surface area (Å²) in [6.07, 6.45) is 2.11. The van der Waals surface area contributed by atoms with Crippen LogP contribution in [0.1, 0.15) is 5.56 Å². The lowest BCUT2D eigenvalue weighted by molar-refractivity contribution is 0.208. The lowest BCUT2D eigenvalue weighted by Gasteiger charge is -2.26. The Kier molecular flexibility index (Phi) is 8.95. The number of aromatic nitrogens is 2. The molecule has 0 unspecified atom stereocenters. The molecule has 0 spiro atoms. The fourth-order valence-corrected chi connectivity index (χ4v) is 4.61. The molecule has 3 rings (SSSR count). The molecule has 0 fully saturated rings. The van der Waals surface area contributed by atoms with E-state index in [-0.39, 0.29) is 24.9 Å². The number of methoxy groups -OCH3 is 4. The van der Waals surface area contributed by atoms with Gasteiger partial charge in [-0.05, 0) is 18.6 Å². The first-order valence-corrected chi connectivity index (χ1v) is 12.9. The standard InChI is InChI=1S/C24H30FN5O6S/c1-15-8-7-9-18(21(15)30(10-11-33-2)37(6,31)32)28-23-17(25)14-26-24(29-23)27-16-12-19(34-3)22(36-5)20(13-16)35-4/h7-9,12-14H,10-11H2,1-6H3,(H2,26,27,28,29). The van der Waals surface area contributed by atoms with Gasteiger partial charge in [0.15, 0.2) is 23.1 Å². The van der Waals surface area contributed by atoms with Crippen molar-refractivity contribution in [2.75, 3.05) is 62.8 Å². The minimum Gasteiger partial charge on any atom is -0.493 e. The minimum atomic E-state index is -3.67. The highest BCUT2D eigenvalue weighted by Crippen LogP contribution is 2.40. The number of rotatable bonds is 12. The molecule has 2 aromatic carbocycles. The molecule has 200 valence electrons. The van der Waals surface area contributed by atoms with Crippen LogP contribution in [0, 0.1) is 12.7 Å². The molecule has 0 radical (unpaired) electrons. The van der Waals surface area contributed by atoms with Crippen LogP contribution in [0.2, 0.25) is 0 Å². The Labute approximate surface area is 215 Å². The van der Waals surface area contributed by atoms with Crippen molar-refractivity contribution in [2.24, 2.45) is 0 Å². The number of benzene rings is 2. The number of sulfonamides is 1. The number of ether oxygens (including phenoxy) is 4. The number of anilines is 5. The molecule has 2 N–H and O–H groups in total. The summed E-state index contributed by atoms with van der Waals surface area (Å²) in [4.78, 5) is 8.27.